The van der Waals surface area contributed by atoms with Crippen LogP contribution in [0.25, 0.3) is 11.0 Å². The van der Waals surface area contributed by atoms with E-state index in [1.165, 1.54) is 24.3 Å². The van der Waals surface area contributed by atoms with Crippen LogP contribution < -0.4 is 16.7 Å². The van der Waals surface area contributed by atoms with Crippen LogP contribution in [0.1, 0.15) is 11.6 Å². The molecule has 0 aliphatic heterocycles. The number of ether oxygens (including phenoxy) is 1. The largest absolute Gasteiger partial charge is 0.464 e. The maximum atomic E-state index is 13.2. The van der Waals surface area contributed by atoms with Crippen LogP contribution in [0.3, 0.4) is 0 Å². The van der Waals surface area contributed by atoms with Gasteiger partial charge in [0.25, 0.3) is 17.2 Å². The number of nitrogens with two attached hydrogens (primary N) is 1. The summed E-state index contributed by atoms with van der Waals surface area (Å²) in [6, 6.07) is 7.46. The zero-order valence-corrected chi connectivity index (χ0v) is 19.1. The van der Waals surface area contributed by atoms with Gasteiger partial charge in [0.2, 0.25) is 5.78 Å². The number of nitro benzene ring substituents is 1. The second kappa shape index (κ2) is 10.3. The van der Waals surface area contributed by atoms with Crippen LogP contribution in [0, 0.1) is 10.1 Å². The molecule has 0 aliphatic carbocycles. The molecule has 1 heterocycles. The summed E-state index contributed by atoms with van der Waals surface area (Å²) in [5.74, 6) is -0.558. The molecular weight excluding hydrogens is 507 g/mol. The minimum absolute atomic E-state index is 0.0162. The molecule has 0 saturated carbocycles. The van der Waals surface area contributed by atoms with Crippen molar-refractivity contribution >= 4 is 69.0 Å². The Morgan fingerprint density at radius 1 is 1.23 bits per heavy atom. The average Bonchev–Trinajstić information content (AvgIpc) is 2.83. The molecule has 0 aliphatic rings. The summed E-state index contributed by atoms with van der Waals surface area (Å²) in [6.45, 7) is 0. The Kier molecular flexibility index (Phi) is 7.42. The van der Waals surface area contributed by atoms with Crippen LogP contribution >= 0.6 is 23.2 Å². The number of nitro groups is 1. The molecule has 13 nitrogen and oxygen atoms in total. The van der Waals surface area contributed by atoms with Gasteiger partial charge in [-0.05, 0) is 24.3 Å². The summed E-state index contributed by atoms with van der Waals surface area (Å²) in [5, 5.41) is 16.8. The van der Waals surface area contributed by atoms with Crippen LogP contribution in [-0.2, 0) is 19.1 Å². The van der Waals surface area contributed by atoms with Gasteiger partial charge in [0.1, 0.15) is 11.6 Å². The van der Waals surface area contributed by atoms with Crippen molar-refractivity contribution in [1.29, 1.82) is 0 Å². The van der Waals surface area contributed by atoms with E-state index in [1.54, 1.807) is 0 Å². The maximum absolute atomic E-state index is 13.2. The number of methoxy groups -OCH3 is 1. The fraction of sp³-hybridized carbons (Fsp3) is 0.100. The number of aromatic amines is 1. The van der Waals surface area contributed by atoms with E-state index in [9.17, 15) is 29.3 Å². The molecule has 0 fully saturated rings. The number of hydrazone groups is 1. The lowest BCUT2D eigenvalue weighted by Crippen LogP contribution is -2.40. The van der Waals surface area contributed by atoms with Gasteiger partial charge in [0.05, 0.1) is 33.8 Å². The molecular formula is C20H14Cl2N6O7. The van der Waals surface area contributed by atoms with Crippen molar-refractivity contribution in [2.45, 2.75) is 5.92 Å². The van der Waals surface area contributed by atoms with Crippen LogP contribution in [-0.4, -0.2) is 45.4 Å². The molecule has 2 aromatic carbocycles. The Hall–Kier alpha value is -4.36. The number of H-pyrrole nitrogens is 1. The number of hydrogen-bond donors (Lipinski definition) is 3. The van der Waals surface area contributed by atoms with E-state index in [-0.39, 0.29) is 32.5 Å². The Balaban J connectivity index is 2.13. The third-order valence-corrected chi connectivity index (χ3v) is 5.22. The number of aromatic nitrogens is 2. The summed E-state index contributed by atoms with van der Waals surface area (Å²) in [4.78, 5) is 67.8. The highest BCUT2D eigenvalue weighted by Crippen LogP contribution is 2.26. The minimum Gasteiger partial charge on any atom is -0.464 e. The first kappa shape index (κ1) is 25.3. The van der Waals surface area contributed by atoms with E-state index in [1.807, 2.05) is 0 Å². The number of Topliss-reactive ketones (excluding diaryl/α,β-unsaturated/α-hetero) is 1. The number of carbonyl (C=O) groups excluding carboxylic acids is 3. The number of non-ortho nitro benzene ring substituents is 1. The molecule has 0 spiro atoms. The van der Waals surface area contributed by atoms with Gasteiger partial charge in [0, 0.05) is 17.2 Å². The summed E-state index contributed by atoms with van der Waals surface area (Å²) in [5.41, 5.74) is -2.81. The molecule has 0 unspecified atom stereocenters. The number of amides is 1. The Morgan fingerprint density at radius 3 is 2.57 bits per heavy atom. The van der Waals surface area contributed by atoms with Crippen LogP contribution in [0.4, 0.5) is 11.4 Å². The number of nitrogens with one attached hydrogen (secondary N) is 2. The van der Waals surface area contributed by atoms with E-state index in [4.69, 9.17) is 29.0 Å². The molecule has 1 aromatic heterocycles. The summed E-state index contributed by atoms with van der Waals surface area (Å²) in [7, 11) is 0.970. The van der Waals surface area contributed by atoms with E-state index < -0.39 is 45.5 Å². The van der Waals surface area contributed by atoms with Crippen molar-refractivity contribution in [3.05, 3.63) is 72.6 Å². The highest BCUT2D eigenvalue weighted by Gasteiger charge is 2.39. The van der Waals surface area contributed by atoms with Crippen LogP contribution in [0.5, 0.6) is 0 Å². The lowest BCUT2D eigenvalue weighted by atomic mass is 9.93. The van der Waals surface area contributed by atoms with Crippen LogP contribution in [0.15, 0.2) is 46.3 Å². The minimum atomic E-state index is -1.99. The quantitative estimate of drug-likeness (QED) is 0.104. The van der Waals surface area contributed by atoms with Gasteiger partial charge in [-0.25, -0.2) is 9.78 Å². The zero-order chi connectivity index (χ0) is 25.9. The number of benzene rings is 2. The second-order valence-corrected chi connectivity index (χ2v) is 7.63. The average molecular weight is 521 g/mol. The van der Waals surface area contributed by atoms with Crippen molar-refractivity contribution in [2.24, 2.45) is 10.9 Å². The summed E-state index contributed by atoms with van der Waals surface area (Å²) >= 11 is 11.9. The predicted octanol–water partition coefficient (Wildman–Crippen LogP) is 1.92. The third kappa shape index (κ3) is 5.26. The number of esters is 1. The van der Waals surface area contributed by atoms with Gasteiger partial charge in [0.15, 0.2) is 5.71 Å². The monoisotopic (exact) mass is 520 g/mol. The SMILES string of the molecule is COC(=O)/C(=N/N)[C@@H](C(=O)C(=O)Nc1cc(Cl)ccc1Cl)c1nc2ccc([N+](=O)[O-])cc2[nH]c1=O. The van der Waals surface area contributed by atoms with Crippen molar-refractivity contribution in [3.8, 4) is 0 Å². The number of ketones is 1. The molecule has 15 heteroatoms. The Morgan fingerprint density at radius 2 is 1.94 bits per heavy atom. The number of anilines is 1. The molecule has 0 saturated heterocycles. The van der Waals surface area contributed by atoms with E-state index in [2.05, 4.69) is 25.1 Å². The van der Waals surface area contributed by atoms with Gasteiger partial charge >= 0.3 is 5.97 Å². The standard InChI is InChI=1S/C20H14Cl2N6O7/c1-35-20(32)16(27-23)14(17(29)19(31)25-12-6-8(21)2-4-10(12)22)15-18(30)26-13-7-9(28(33)34)3-5-11(13)24-15/h2-7,14H,23H2,1H3,(H,25,31)(H,26,30)/b27-16+/t14-/m0/s1. The van der Waals surface area contributed by atoms with E-state index in [0.29, 0.717) is 0 Å². The molecule has 0 bridgehead atoms. The number of halogens is 2. The van der Waals surface area contributed by atoms with Crippen molar-refractivity contribution in [3.63, 3.8) is 0 Å². The highest BCUT2D eigenvalue weighted by molar-refractivity contribution is 6.53. The fourth-order valence-corrected chi connectivity index (χ4v) is 3.37. The van der Waals surface area contributed by atoms with Gasteiger partial charge in [-0.1, -0.05) is 23.2 Å². The lowest BCUT2D eigenvalue weighted by molar-refractivity contribution is -0.384. The summed E-state index contributed by atoms with van der Waals surface area (Å²) < 4.78 is 4.57. The highest BCUT2D eigenvalue weighted by atomic mass is 35.5. The first-order valence-electron chi connectivity index (χ1n) is 9.42. The van der Waals surface area contributed by atoms with E-state index >= 15 is 0 Å². The smallest absolute Gasteiger partial charge is 0.355 e. The first-order chi connectivity index (χ1) is 16.6. The molecule has 3 rings (SSSR count). The zero-order valence-electron chi connectivity index (χ0n) is 17.6. The predicted molar refractivity (Wildman–Crippen MR) is 125 cm³/mol. The van der Waals surface area contributed by atoms with Crippen molar-refractivity contribution in [2.75, 3.05) is 12.4 Å². The fourth-order valence-electron chi connectivity index (χ4n) is 3.03. The van der Waals surface area contributed by atoms with Gasteiger partial charge < -0.3 is 20.9 Å². The molecule has 180 valence electrons. The van der Waals surface area contributed by atoms with E-state index in [0.717, 1.165) is 19.2 Å². The van der Waals surface area contributed by atoms with Gasteiger partial charge in [-0.3, -0.25) is 24.5 Å². The Labute approximate surface area is 205 Å². The van der Waals surface area contributed by atoms with Crippen molar-refractivity contribution < 1.29 is 24.0 Å². The molecule has 1 amide bonds. The number of fused-ring (bicyclic) bond motifs is 1. The topological polar surface area (TPSA) is 200 Å². The molecule has 35 heavy (non-hydrogen) atoms. The summed E-state index contributed by atoms with van der Waals surface area (Å²) in [6.07, 6.45) is 0. The first-order valence-corrected chi connectivity index (χ1v) is 10.2. The number of rotatable bonds is 7. The lowest BCUT2D eigenvalue weighted by Gasteiger charge is -2.16. The normalized spacial score (nSPS) is 12.1. The maximum Gasteiger partial charge on any atom is 0.355 e. The Bertz CT molecular complexity index is 1470. The number of nitrogens with zero attached hydrogens (tertiary/aromatic N) is 3. The molecule has 0 radical (unpaired) electrons. The molecule has 1 atom stereocenters. The van der Waals surface area contributed by atoms with Crippen LogP contribution in [0.2, 0.25) is 10.0 Å². The third-order valence-electron chi connectivity index (χ3n) is 4.66. The second-order valence-electron chi connectivity index (χ2n) is 6.79. The number of hydrogen-bond acceptors (Lipinski definition) is 10. The van der Waals surface area contributed by atoms with Gasteiger partial charge in [-0.2, -0.15) is 5.10 Å². The van der Waals surface area contributed by atoms with Crippen molar-refractivity contribution in [1.82, 2.24) is 9.97 Å². The molecule has 4 N–H and O–H groups in total. The van der Waals surface area contributed by atoms with Gasteiger partial charge in [-0.15, -0.1) is 0 Å². The number of carbonyl (C=O) groups is 3. The molecule has 3 aromatic rings.